The molecule has 0 saturated carbocycles. The number of benzene rings is 1. The van der Waals surface area contributed by atoms with Gasteiger partial charge in [0.25, 0.3) is 0 Å². The molecule has 0 radical (unpaired) electrons. The van der Waals surface area contributed by atoms with Crippen molar-refractivity contribution >= 4 is 5.69 Å². The third-order valence-electron chi connectivity index (χ3n) is 2.55. The van der Waals surface area contributed by atoms with Gasteiger partial charge in [0.1, 0.15) is 0 Å². The highest BCUT2D eigenvalue weighted by molar-refractivity contribution is 5.48. The summed E-state index contributed by atoms with van der Waals surface area (Å²) in [7, 11) is 0. The Morgan fingerprint density at radius 1 is 1.45 bits per heavy atom. The fourth-order valence-electron chi connectivity index (χ4n) is 1.52. The van der Waals surface area contributed by atoms with E-state index in [1.54, 1.807) is 12.1 Å². The molecule has 0 aliphatic rings. The van der Waals surface area contributed by atoms with Crippen LogP contribution in [0, 0.1) is 22.5 Å². The zero-order chi connectivity index (χ0) is 15.2. The first kappa shape index (κ1) is 16.0. The lowest BCUT2D eigenvalue weighted by molar-refractivity contribution is -0.385. The van der Waals surface area contributed by atoms with Crippen LogP contribution in [0.1, 0.15) is 32.8 Å². The number of hydrogen-bond acceptors (Lipinski definition) is 4. The first-order chi connectivity index (χ1) is 9.33. The van der Waals surface area contributed by atoms with Crippen LogP contribution in [-0.2, 0) is 6.54 Å². The summed E-state index contributed by atoms with van der Waals surface area (Å²) in [6, 6.07) is 4.88. The Bertz CT molecular complexity index is 513. The van der Waals surface area contributed by atoms with Gasteiger partial charge >= 0.3 is 5.69 Å². The van der Waals surface area contributed by atoms with Gasteiger partial charge in [-0.3, -0.25) is 10.1 Å². The van der Waals surface area contributed by atoms with E-state index in [0.29, 0.717) is 13.0 Å². The van der Waals surface area contributed by atoms with E-state index >= 15 is 0 Å². The van der Waals surface area contributed by atoms with Crippen LogP contribution >= 0.6 is 0 Å². The first-order valence-corrected chi connectivity index (χ1v) is 6.42. The van der Waals surface area contributed by atoms with Gasteiger partial charge in [0, 0.05) is 24.6 Å². The van der Waals surface area contributed by atoms with E-state index in [1.807, 2.05) is 0 Å². The highest BCUT2D eigenvalue weighted by atomic mass is 16.6. The summed E-state index contributed by atoms with van der Waals surface area (Å²) < 4.78 is 5.40. The fourth-order valence-corrected chi connectivity index (χ4v) is 1.52. The van der Waals surface area contributed by atoms with Crippen molar-refractivity contribution in [2.75, 3.05) is 6.61 Å². The van der Waals surface area contributed by atoms with Crippen LogP contribution in [0.4, 0.5) is 5.69 Å². The molecule has 1 N–H and O–H groups in total. The summed E-state index contributed by atoms with van der Waals surface area (Å²) in [6.45, 7) is 7.06. The normalized spacial score (nSPS) is 10.9. The lowest BCUT2D eigenvalue weighted by Gasteiger charge is -2.20. The highest BCUT2D eigenvalue weighted by Gasteiger charge is 2.16. The molecule has 0 amide bonds. The number of nitrogens with one attached hydrogen (secondary N) is 1. The van der Waals surface area contributed by atoms with Crippen LogP contribution in [0.3, 0.4) is 0 Å². The molecule has 0 aliphatic carbocycles. The van der Waals surface area contributed by atoms with Crippen LogP contribution in [0.5, 0.6) is 5.75 Å². The second-order valence-corrected chi connectivity index (χ2v) is 5.47. The summed E-state index contributed by atoms with van der Waals surface area (Å²) in [6.07, 6.45) is 5.56. The molecule has 0 aliphatic heterocycles. The van der Waals surface area contributed by atoms with Crippen LogP contribution in [0.15, 0.2) is 18.2 Å². The number of nitrogens with zero attached hydrogens (tertiary/aromatic N) is 1. The minimum atomic E-state index is -0.452. The number of nitro benzene ring substituents is 1. The van der Waals surface area contributed by atoms with Crippen molar-refractivity contribution in [3.05, 3.63) is 33.9 Å². The lowest BCUT2D eigenvalue weighted by Crippen LogP contribution is -2.35. The van der Waals surface area contributed by atoms with Gasteiger partial charge in [-0.05, 0) is 32.4 Å². The smallest absolute Gasteiger partial charge is 0.310 e. The maximum Gasteiger partial charge on any atom is 0.310 e. The Balaban J connectivity index is 2.87. The lowest BCUT2D eigenvalue weighted by atomic mass is 10.1. The quantitative estimate of drug-likeness (QED) is 0.375. The van der Waals surface area contributed by atoms with Gasteiger partial charge in [0.05, 0.1) is 11.5 Å². The van der Waals surface area contributed by atoms with E-state index in [4.69, 9.17) is 11.2 Å². The highest BCUT2D eigenvalue weighted by Crippen LogP contribution is 2.28. The largest absolute Gasteiger partial charge is 0.486 e. The SMILES string of the molecule is C#CCCOc1cc(CNC(C)(C)C)ccc1[N+](=O)[O-]. The number of rotatable bonds is 6. The number of nitro groups is 1. The zero-order valence-electron chi connectivity index (χ0n) is 12.1. The molecule has 0 unspecified atom stereocenters. The molecule has 1 aromatic rings. The van der Waals surface area contributed by atoms with Crippen LogP contribution in [0.25, 0.3) is 0 Å². The van der Waals surface area contributed by atoms with E-state index < -0.39 is 4.92 Å². The van der Waals surface area contributed by atoms with Crippen LogP contribution in [-0.4, -0.2) is 17.1 Å². The minimum absolute atomic E-state index is 0.0216. The Morgan fingerprint density at radius 2 is 2.15 bits per heavy atom. The molecule has 0 fully saturated rings. The van der Waals surface area contributed by atoms with Gasteiger partial charge in [-0.25, -0.2) is 0 Å². The third-order valence-corrected chi connectivity index (χ3v) is 2.55. The van der Waals surface area contributed by atoms with E-state index in [2.05, 4.69) is 32.0 Å². The van der Waals surface area contributed by atoms with Crippen molar-refractivity contribution in [3.8, 4) is 18.1 Å². The van der Waals surface area contributed by atoms with Crippen molar-refractivity contribution in [2.24, 2.45) is 0 Å². The molecule has 1 aromatic carbocycles. The van der Waals surface area contributed by atoms with Crippen molar-refractivity contribution in [2.45, 2.75) is 39.3 Å². The number of terminal acetylenes is 1. The predicted octanol–water partition coefficient (Wildman–Crippen LogP) is 2.89. The molecule has 0 spiro atoms. The average Bonchev–Trinajstić information content (AvgIpc) is 2.36. The van der Waals surface area contributed by atoms with Gasteiger partial charge in [-0.15, -0.1) is 12.3 Å². The molecule has 0 saturated heterocycles. The predicted molar refractivity (Wildman–Crippen MR) is 78.6 cm³/mol. The maximum absolute atomic E-state index is 11.0. The van der Waals surface area contributed by atoms with Gasteiger partial charge in [0.2, 0.25) is 0 Å². The molecule has 0 atom stereocenters. The molecule has 0 heterocycles. The summed E-state index contributed by atoms with van der Waals surface area (Å²) >= 11 is 0. The second-order valence-electron chi connectivity index (χ2n) is 5.47. The maximum atomic E-state index is 11.0. The second kappa shape index (κ2) is 6.92. The van der Waals surface area contributed by atoms with E-state index in [-0.39, 0.29) is 23.6 Å². The van der Waals surface area contributed by atoms with Crippen LogP contribution < -0.4 is 10.1 Å². The molecular formula is C15H20N2O3. The summed E-state index contributed by atoms with van der Waals surface area (Å²) in [5.74, 6) is 2.70. The van der Waals surface area contributed by atoms with Gasteiger partial charge in [-0.2, -0.15) is 0 Å². The van der Waals surface area contributed by atoms with Gasteiger partial charge in [-0.1, -0.05) is 6.07 Å². The molecular weight excluding hydrogens is 256 g/mol. The molecule has 5 nitrogen and oxygen atoms in total. The van der Waals surface area contributed by atoms with E-state index in [9.17, 15) is 10.1 Å². The van der Waals surface area contributed by atoms with Crippen molar-refractivity contribution in [3.63, 3.8) is 0 Å². The summed E-state index contributed by atoms with van der Waals surface area (Å²) in [4.78, 5) is 10.5. The Kier molecular flexibility index (Phi) is 5.53. The molecule has 108 valence electrons. The van der Waals surface area contributed by atoms with Gasteiger partial charge < -0.3 is 10.1 Å². The molecule has 1 rings (SSSR count). The van der Waals surface area contributed by atoms with Crippen molar-refractivity contribution < 1.29 is 9.66 Å². The third kappa shape index (κ3) is 5.29. The molecule has 5 heteroatoms. The Hall–Kier alpha value is -2.06. The van der Waals surface area contributed by atoms with Crippen molar-refractivity contribution in [1.29, 1.82) is 0 Å². The van der Waals surface area contributed by atoms with E-state index in [1.165, 1.54) is 6.07 Å². The standard InChI is InChI=1S/C15H20N2O3/c1-5-6-9-20-14-10-12(11-16-15(2,3)4)7-8-13(14)17(18)19/h1,7-8,10,16H,6,9,11H2,2-4H3. The van der Waals surface area contributed by atoms with E-state index in [0.717, 1.165) is 5.56 Å². The average molecular weight is 276 g/mol. The minimum Gasteiger partial charge on any atom is -0.486 e. The fraction of sp³-hybridized carbons (Fsp3) is 0.467. The topological polar surface area (TPSA) is 64.4 Å². The molecule has 0 bridgehead atoms. The first-order valence-electron chi connectivity index (χ1n) is 6.42. The number of ether oxygens (including phenoxy) is 1. The van der Waals surface area contributed by atoms with Crippen LogP contribution in [0.2, 0.25) is 0 Å². The van der Waals surface area contributed by atoms with Crippen molar-refractivity contribution in [1.82, 2.24) is 5.32 Å². The molecule has 20 heavy (non-hydrogen) atoms. The number of hydrogen-bond donors (Lipinski definition) is 1. The Labute approximate surface area is 119 Å². The Morgan fingerprint density at radius 3 is 2.70 bits per heavy atom. The summed E-state index contributed by atoms with van der Waals surface area (Å²) in [5, 5.41) is 14.3. The van der Waals surface area contributed by atoms with Gasteiger partial charge in [0.15, 0.2) is 5.75 Å². The molecule has 0 aromatic heterocycles. The zero-order valence-corrected chi connectivity index (χ0v) is 12.1. The summed E-state index contributed by atoms with van der Waals surface area (Å²) in [5.41, 5.74) is 0.870. The monoisotopic (exact) mass is 276 g/mol.